The van der Waals surface area contributed by atoms with Crippen molar-refractivity contribution in [3.8, 4) is 35.2 Å². The Morgan fingerprint density at radius 2 is 1.29 bits per heavy atom. The van der Waals surface area contributed by atoms with Crippen LogP contribution in [0.5, 0.6) is 11.5 Å². The van der Waals surface area contributed by atoms with Crippen LogP contribution in [-0.2, 0) is 21.3 Å². The topological polar surface area (TPSA) is 99.1 Å². The van der Waals surface area contributed by atoms with Crippen molar-refractivity contribution in [3.63, 3.8) is 0 Å². The van der Waals surface area contributed by atoms with Gasteiger partial charge in [0.05, 0.1) is 42.3 Å². The molecule has 42 heavy (non-hydrogen) atoms. The fourth-order valence-corrected chi connectivity index (χ4v) is 4.23. The van der Waals surface area contributed by atoms with Crippen LogP contribution in [0.4, 0.5) is 0 Å². The number of hydrogen-bond donors (Lipinski definition) is 1. The number of hydrogen-bond acceptors (Lipinski definition) is 6. The molecule has 0 atom stereocenters. The van der Waals surface area contributed by atoms with Crippen molar-refractivity contribution >= 4 is 16.1 Å². The van der Waals surface area contributed by atoms with Crippen molar-refractivity contribution in [3.05, 3.63) is 94.0 Å². The molecule has 0 spiro atoms. The molecule has 220 valence electrons. The summed E-state index contributed by atoms with van der Waals surface area (Å²) in [4.78, 5) is 12.0. The van der Waals surface area contributed by atoms with E-state index in [4.69, 9.17) is 18.8 Å². The van der Waals surface area contributed by atoms with Crippen LogP contribution < -0.4 is 9.47 Å². The molecule has 3 aromatic rings. The maximum atomic E-state index is 12.0. The van der Waals surface area contributed by atoms with Crippen LogP contribution >= 0.6 is 0 Å². The summed E-state index contributed by atoms with van der Waals surface area (Å²) >= 11 is 0. The summed E-state index contributed by atoms with van der Waals surface area (Å²) in [6, 6.07) is 18.3. The second-order valence-electron chi connectivity index (χ2n) is 9.38. The number of carbonyl (C=O) groups is 1. The first-order chi connectivity index (χ1) is 20.2. The third-order valence-corrected chi connectivity index (χ3v) is 6.89. The molecule has 0 amide bonds. The van der Waals surface area contributed by atoms with E-state index in [1.54, 1.807) is 43.3 Å². The number of esters is 1. The summed E-state index contributed by atoms with van der Waals surface area (Å²) in [7, 11) is -4.10. The van der Waals surface area contributed by atoms with Crippen LogP contribution in [0.1, 0.15) is 78.2 Å². The molecule has 1 N–H and O–H groups in total. The lowest BCUT2D eigenvalue weighted by atomic mass is 10.1. The molecule has 3 rings (SSSR count). The van der Waals surface area contributed by atoms with Crippen molar-refractivity contribution < 1.29 is 32.0 Å². The van der Waals surface area contributed by atoms with E-state index in [-0.39, 0.29) is 13.0 Å². The van der Waals surface area contributed by atoms with Crippen molar-refractivity contribution in [2.45, 2.75) is 46.5 Å². The summed E-state index contributed by atoms with van der Waals surface area (Å²) in [5.41, 5.74) is 4.33. The molecule has 0 radical (unpaired) electrons. The summed E-state index contributed by atoms with van der Waals surface area (Å²) in [5, 5.41) is 0. The van der Waals surface area contributed by atoms with E-state index in [1.807, 2.05) is 24.3 Å². The van der Waals surface area contributed by atoms with Crippen molar-refractivity contribution in [1.82, 2.24) is 0 Å². The molecule has 0 bridgehead atoms. The molecule has 0 aliphatic heterocycles. The van der Waals surface area contributed by atoms with Gasteiger partial charge < -0.3 is 14.2 Å². The molecular weight excluding hydrogens is 552 g/mol. The highest BCUT2D eigenvalue weighted by molar-refractivity contribution is 7.85. The van der Waals surface area contributed by atoms with E-state index in [0.717, 1.165) is 24.8 Å². The van der Waals surface area contributed by atoms with Crippen LogP contribution in [0, 0.1) is 23.7 Å². The molecule has 0 fully saturated rings. The Morgan fingerprint density at radius 1 is 0.762 bits per heavy atom. The van der Waals surface area contributed by atoms with E-state index in [1.165, 1.54) is 5.56 Å². The average Bonchev–Trinajstić information content (AvgIpc) is 2.98. The Balaban J connectivity index is 1.99. The fraction of sp³-hybridized carbons (Fsp3) is 0.324. The first-order valence-electron chi connectivity index (χ1n) is 14.0. The predicted molar refractivity (Wildman–Crippen MR) is 164 cm³/mol. The van der Waals surface area contributed by atoms with Gasteiger partial charge in [-0.05, 0) is 68.1 Å². The largest absolute Gasteiger partial charge is 0.492 e. The number of ether oxygens (including phenoxy) is 3. The molecule has 0 aromatic heterocycles. The van der Waals surface area contributed by atoms with Crippen LogP contribution in [0.25, 0.3) is 0 Å². The molecule has 7 nitrogen and oxygen atoms in total. The van der Waals surface area contributed by atoms with Crippen LogP contribution in [0.2, 0.25) is 0 Å². The molecule has 0 saturated carbocycles. The van der Waals surface area contributed by atoms with E-state index < -0.39 is 21.8 Å². The minimum Gasteiger partial charge on any atom is -0.492 e. The number of carbonyl (C=O) groups excluding carboxylic acids is 1. The summed E-state index contributed by atoms with van der Waals surface area (Å²) in [5.74, 6) is 12.7. The van der Waals surface area contributed by atoms with Gasteiger partial charge in [0, 0.05) is 23.3 Å². The van der Waals surface area contributed by atoms with Gasteiger partial charge in [0.15, 0.2) is 0 Å². The predicted octanol–water partition coefficient (Wildman–Crippen LogP) is 6.06. The lowest BCUT2D eigenvalue weighted by Crippen LogP contribution is -2.09. The molecule has 0 unspecified atom stereocenters. The zero-order valence-corrected chi connectivity index (χ0v) is 25.1. The first kappa shape index (κ1) is 32.3. The number of aryl methyl sites for hydroxylation is 1. The third kappa shape index (κ3) is 10.6. The van der Waals surface area contributed by atoms with Gasteiger partial charge >= 0.3 is 5.97 Å². The molecular formula is C34H36O7S. The molecule has 0 heterocycles. The van der Waals surface area contributed by atoms with Crippen molar-refractivity contribution in [2.24, 2.45) is 0 Å². The Labute approximate surface area is 249 Å². The summed E-state index contributed by atoms with van der Waals surface area (Å²) in [6.45, 7) is 6.78. The Morgan fingerprint density at radius 3 is 1.76 bits per heavy atom. The van der Waals surface area contributed by atoms with Crippen LogP contribution in [-0.4, -0.2) is 44.5 Å². The number of unbranched alkanes of at least 4 members (excludes halogenated alkanes) is 1. The van der Waals surface area contributed by atoms with Crippen molar-refractivity contribution in [2.75, 3.05) is 25.6 Å². The van der Waals surface area contributed by atoms with E-state index >= 15 is 0 Å². The molecule has 0 aliphatic carbocycles. The van der Waals surface area contributed by atoms with Gasteiger partial charge in [-0.25, -0.2) is 4.79 Å². The SMILES string of the molecule is CCCCOc1cc(C#Cc2ccc(C(=O)OCC)cc2)c(OCCCS(=O)(=O)O)cc1C#Cc1ccc(CC)cc1. The van der Waals surface area contributed by atoms with Crippen LogP contribution in [0.15, 0.2) is 60.7 Å². The van der Waals surface area contributed by atoms with E-state index in [0.29, 0.717) is 47.0 Å². The minimum absolute atomic E-state index is 0.0457. The maximum absolute atomic E-state index is 12.0. The van der Waals surface area contributed by atoms with E-state index in [2.05, 4.69) is 37.5 Å². The highest BCUT2D eigenvalue weighted by Gasteiger charge is 2.12. The van der Waals surface area contributed by atoms with Gasteiger partial charge in [0.1, 0.15) is 11.5 Å². The van der Waals surface area contributed by atoms with Gasteiger partial charge in [-0.15, -0.1) is 0 Å². The lowest BCUT2D eigenvalue weighted by molar-refractivity contribution is 0.0526. The zero-order chi connectivity index (χ0) is 30.4. The quantitative estimate of drug-likeness (QED) is 0.119. The smallest absolute Gasteiger partial charge is 0.338 e. The normalized spacial score (nSPS) is 10.6. The zero-order valence-electron chi connectivity index (χ0n) is 24.2. The Hall–Kier alpha value is -4.24. The maximum Gasteiger partial charge on any atom is 0.338 e. The second kappa shape index (κ2) is 16.3. The Kier molecular flexibility index (Phi) is 12.5. The average molecular weight is 589 g/mol. The number of rotatable bonds is 12. The standard InChI is InChI=1S/C34H36O7S/c1-4-7-21-40-32-24-31(20-16-28-13-17-29(18-14-28)34(35)39-6-3)33(41-22-8-23-42(36,37)38)25-30(32)19-15-27-11-9-26(5-2)10-12-27/h9-14,17-18,24-25H,4-8,21-23H2,1-3H3,(H,36,37,38). The minimum atomic E-state index is -4.10. The third-order valence-electron chi connectivity index (χ3n) is 6.08. The highest BCUT2D eigenvalue weighted by atomic mass is 32.2. The van der Waals surface area contributed by atoms with Crippen LogP contribution in [0.3, 0.4) is 0 Å². The lowest BCUT2D eigenvalue weighted by Gasteiger charge is -2.13. The monoisotopic (exact) mass is 588 g/mol. The molecule has 0 saturated heterocycles. The van der Waals surface area contributed by atoms with E-state index in [9.17, 15) is 13.2 Å². The van der Waals surface area contributed by atoms with Gasteiger partial charge in [-0.1, -0.05) is 56.1 Å². The summed E-state index contributed by atoms with van der Waals surface area (Å²) in [6.07, 6.45) is 2.88. The second-order valence-corrected chi connectivity index (χ2v) is 11.0. The molecule has 8 heteroatoms. The fourth-order valence-electron chi connectivity index (χ4n) is 3.75. The van der Waals surface area contributed by atoms with Gasteiger partial charge in [-0.3, -0.25) is 4.55 Å². The first-order valence-corrected chi connectivity index (χ1v) is 15.6. The molecule has 3 aromatic carbocycles. The van der Waals surface area contributed by atoms with Gasteiger partial charge in [-0.2, -0.15) is 8.42 Å². The highest BCUT2D eigenvalue weighted by Crippen LogP contribution is 2.29. The molecule has 0 aliphatic rings. The van der Waals surface area contributed by atoms with Gasteiger partial charge in [0.2, 0.25) is 0 Å². The van der Waals surface area contributed by atoms with Gasteiger partial charge in [0.25, 0.3) is 10.1 Å². The Bertz CT molecular complexity index is 1570. The summed E-state index contributed by atoms with van der Waals surface area (Å²) < 4.78 is 48.5. The van der Waals surface area contributed by atoms with Crippen molar-refractivity contribution in [1.29, 1.82) is 0 Å². The number of benzene rings is 3.